The SMILES string of the molecule is C=C(NCCC[C@H](NC(=O)C(CC)(CC)NC(=O)C(C)C)C(=O)NC1(C(N)=O)CCCC1)N(C)C. The topological polar surface area (TPSA) is 146 Å². The van der Waals surface area contributed by atoms with Crippen LogP contribution in [-0.4, -0.2) is 66.3 Å². The average molecular weight is 495 g/mol. The summed E-state index contributed by atoms with van der Waals surface area (Å²) in [6.07, 6.45) is 4.21. The number of primary amides is 1. The van der Waals surface area contributed by atoms with E-state index in [-0.39, 0.29) is 11.8 Å². The zero-order valence-corrected chi connectivity index (χ0v) is 22.4. The average Bonchev–Trinajstić information content (AvgIpc) is 3.28. The minimum absolute atomic E-state index is 0.227. The van der Waals surface area contributed by atoms with Gasteiger partial charge in [-0.05, 0) is 38.5 Å². The van der Waals surface area contributed by atoms with Crippen LogP contribution in [0.2, 0.25) is 0 Å². The van der Waals surface area contributed by atoms with Gasteiger partial charge >= 0.3 is 0 Å². The van der Waals surface area contributed by atoms with Crippen LogP contribution in [0.4, 0.5) is 0 Å². The van der Waals surface area contributed by atoms with Gasteiger partial charge in [-0.25, -0.2) is 0 Å². The zero-order valence-electron chi connectivity index (χ0n) is 22.4. The van der Waals surface area contributed by atoms with Gasteiger partial charge in [0.05, 0.1) is 5.82 Å². The highest BCUT2D eigenvalue weighted by Crippen LogP contribution is 2.29. The molecule has 0 aromatic heterocycles. The van der Waals surface area contributed by atoms with Crippen LogP contribution in [0.5, 0.6) is 0 Å². The Morgan fingerprint density at radius 1 is 1.06 bits per heavy atom. The molecule has 35 heavy (non-hydrogen) atoms. The number of carbonyl (C=O) groups excluding carboxylic acids is 4. The minimum Gasteiger partial charge on any atom is -0.372 e. The van der Waals surface area contributed by atoms with Gasteiger partial charge in [0.1, 0.15) is 17.1 Å². The monoisotopic (exact) mass is 494 g/mol. The third-order valence-corrected chi connectivity index (χ3v) is 6.98. The fourth-order valence-corrected chi connectivity index (χ4v) is 4.18. The maximum atomic E-state index is 13.4. The summed E-state index contributed by atoms with van der Waals surface area (Å²) in [6.45, 7) is 11.7. The first-order valence-electron chi connectivity index (χ1n) is 12.7. The van der Waals surface area contributed by atoms with Gasteiger partial charge in [-0.1, -0.05) is 47.1 Å². The number of amides is 4. The number of carbonyl (C=O) groups is 4. The van der Waals surface area contributed by atoms with Crippen LogP contribution in [0, 0.1) is 5.92 Å². The molecule has 1 rings (SSSR count). The summed E-state index contributed by atoms with van der Waals surface area (Å²) in [6, 6.07) is -0.887. The normalized spacial score (nSPS) is 15.7. The summed E-state index contributed by atoms with van der Waals surface area (Å²) >= 11 is 0. The van der Waals surface area contributed by atoms with E-state index < -0.39 is 34.8 Å². The van der Waals surface area contributed by atoms with Crippen molar-refractivity contribution in [2.45, 2.75) is 96.2 Å². The Balaban J connectivity index is 3.07. The van der Waals surface area contributed by atoms with Crippen LogP contribution in [0.1, 0.15) is 79.1 Å². The maximum absolute atomic E-state index is 13.4. The van der Waals surface area contributed by atoms with Crippen LogP contribution in [0.15, 0.2) is 12.4 Å². The largest absolute Gasteiger partial charge is 0.372 e. The standard InChI is InChI=1S/C25H46N6O4/c1-8-24(9-2,29-20(32)17(3)4)23(35)28-19(13-12-16-27-18(5)31(6)7)21(33)30-25(22(26)34)14-10-11-15-25/h17,19,27H,5,8-16H2,1-4,6-7H3,(H2,26,34)(H,28,35)(H,29,32)(H,30,33)/t19-/m0/s1. The van der Waals surface area contributed by atoms with Gasteiger partial charge < -0.3 is 31.9 Å². The van der Waals surface area contributed by atoms with Crippen LogP contribution in [0.25, 0.3) is 0 Å². The number of rotatable bonds is 15. The van der Waals surface area contributed by atoms with Crippen molar-refractivity contribution in [3.05, 3.63) is 12.4 Å². The Labute approximate surface area is 210 Å². The molecule has 10 heteroatoms. The highest BCUT2D eigenvalue weighted by Gasteiger charge is 2.43. The van der Waals surface area contributed by atoms with Crippen molar-refractivity contribution < 1.29 is 19.2 Å². The van der Waals surface area contributed by atoms with Crippen LogP contribution >= 0.6 is 0 Å². The third kappa shape index (κ3) is 8.14. The highest BCUT2D eigenvalue weighted by atomic mass is 16.2. The minimum atomic E-state index is -1.13. The van der Waals surface area contributed by atoms with E-state index in [0.29, 0.717) is 45.1 Å². The first-order chi connectivity index (χ1) is 16.3. The number of hydrogen-bond acceptors (Lipinski definition) is 6. The molecule has 0 heterocycles. The molecule has 1 saturated carbocycles. The Morgan fingerprint density at radius 2 is 1.63 bits per heavy atom. The second kappa shape index (κ2) is 13.3. The molecule has 200 valence electrons. The molecule has 0 bridgehead atoms. The van der Waals surface area contributed by atoms with Gasteiger partial charge in [0, 0.05) is 26.6 Å². The smallest absolute Gasteiger partial charge is 0.246 e. The van der Waals surface area contributed by atoms with Crippen molar-refractivity contribution in [3.8, 4) is 0 Å². The first kappa shape index (κ1) is 30.3. The zero-order chi connectivity index (χ0) is 26.8. The van der Waals surface area contributed by atoms with E-state index in [9.17, 15) is 19.2 Å². The molecule has 0 aromatic rings. The Hall–Kier alpha value is -2.78. The van der Waals surface area contributed by atoms with Crippen molar-refractivity contribution in [2.24, 2.45) is 11.7 Å². The molecule has 0 saturated heterocycles. The van der Waals surface area contributed by atoms with E-state index in [4.69, 9.17) is 5.73 Å². The Bertz CT molecular complexity index is 770. The number of nitrogens with two attached hydrogens (primary N) is 1. The van der Waals surface area contributed by atoms with Crippen LogP contribution in [0.3, 0.4) is 0 Å². The van der Waals surface area contributed by atoms with Crippen molar-refractivity contribution in [2.75, 3.05) is 20.6 Å². The van der Waals surface area contributed by atoms with Crippen molar-refractivity contribution in [3.63, 3.8) is 0 Å². The van der Waals surface area contributed by atoms with Gasteiger partial charge in [0.15, 0.2) is 0 Å². The molecular weight excluding hydrogens is 448 g/mol. The number of nitrogens with one attached hydrogen (secondary N) is 4. The van der Waals surface area contributed by atoms with Crippen molar-refractivity contribution >= 4 is 23.6 Å². The molecule has 0 spiro atoms. The molecule has 0 aliphatic heterocycles. The Kier molecular flexibility index (Phi) is 11.5. The van der Waals surface area contributed by atoms with Crippen LogP contribution < -0.4 is 27.0 Å². The predicted molar refractivity (Wildman–Crippen MR) is 137 cm³/mol. The fourth-order valence-electron chi connectivity index (χ4n) is 4.18. The fraction of sp³-hybridized carbons (Fsp3) is 0.760. The van der Waals surface area contributed by atoms with E-state index in [0.717, 1.165) is 18.7 Å². The van der Waals surface area contributed by atoms with Crippen LogP contribution in [-0.2, 0) is 19.2 Å². The molecule has 10 nitrogen and oxygen atoms in total. The van der Waals surface area contributed by atoms with Gasteiger partial charge in [0.2, 0.25) is 23.6 Å². The lowest BCUT2D eigenvalue weighted by atomic mass is 9.90. The third-order valence-electron chi connectivity index (χ3n) is 6.98. The molecule has 0 aromatic carbocycles. The van der Waals surface area contributed by atoms with E-state index >= 15 is 0 Å². The summed E-state index contributed by atoms with van der Waals surface area (Å²) in [5.74, 6) is -1.19. The highest BCUT2D eigenvalue weighted by molar-refractivity contribution is 5.97. The van der Waals surface area contributed by atoms with E-state index in [1.165, 1.54) is 0 Å². The molecular formula is C25H46N6O4. The second-order valence-corrected chi connectivity index (χ2v) is 10.0. The van der Waals surface area contributed by atoms with Gasteiger partial charge in [0.25, 0.3) is 0 Å². The first-order valence-corrected chi connectivity index (χ1v) is 12.7. The lowest BCUT2D eigenvalue weighted by molar-refractivity contribution is -0.138. The number of hydrogen-bond donors (Lipinski definition) is 5. The molecule has 1 fully saturated rings. The van der Waals surface area contributed by atoms with Gasteiger partial charge in [-0.15, -0.1) is 0 Å². The summed E-state index contributed by atoms with van der Waals surface area (Å²) in [7, 11) is 3.74. The van der Waals surface area contributed by atoms with E-state index in [1.807, 2.05) is 32.8 Å². The molecule has 1 atom stereocenters. The summed E-state index contributed by atoms with van der Waals surface area (Å²) < 4.78 is 0. The Morgan fingerprint density at radius 3 is 2.09 bits per heavy atom. The van der Waals surface area contributed by atoms with Crippen molar-refractivity contribution in [1.29, 1.82) is 0 Å². The van der Waals surface area contributed by atoms with E-state index in [2.05, 4.69) is 27.8 Å². The summed E-state index contributed by atoms with van der Waals surface area (Å²) in [5, 5.41) is 11.8. The molecule has 1 aliphatic carbocycles. The molecule has 1 aliphatic rings. The summed E-state index contributed by atoms with van der Waals surface area (Å²) in [4.78, 5) is 53.3. The number of nitrogens with zero attached hydrogens (tertiary/aromatic N) is 1. The molecule has 0 unspecified atom stereocenters. The molecule has 6 N–H and O–H groups in total. The second-order valence-electron chi connectivity index (χ2n) is 10.0. The van der Waals surface area contributed by atoms with Crippen molar-refractivity contribution in [1.82, 2.24) is 26.2 Å². The predicted octanol–water partition coefficient (Wildman–Crippen LogP) is 1.12. The lowest BCUT2D eigenvalue weighted by Crippen LogP contribution is -2.64. The van der Waals surface area contributed by atoms with Gasteiger partial charge in [-0.3, -0.25) is 19.2 Å². The molecule has 4 amide bonds. The van der Waals surface area contributed by atoms with Gasteiger partial charge in [-0.2, -0.15) is 0 Å². The molecule has 0 radical (unpaired) electrons. The van der Waals surface area contributed by atoms with E-state index in [1.54, 1.807) is 13.8 Å². The maximum Gasteiger partial charge on any atom is 0.246 e. The lowest BCUT2D eigenvalue weighted by Gasteiger charge is -2.35. The quantitative estimate of drug-likeness (QED) is 0.216. The summed E-state index contributed by atoms with van der Waals surface area (Å²) in [5.41, 5.74) is 3.43.